The molecule has 0 aromatic rings. The van der Waals surface area contributed by atoms with Crippen molar-refractivity contribution in [3.8, 4) is 6.07 Å². The molecule has 3 nitrogen and oxygen atoms in total. The molecule has 2 fully saturated rings. The maximum atomic E-state index is 11.9. The lowest BCUT2D eigenvalue weighted by atomic mass is 9.97. The van der Waals surface area contributed by atoms with Crippen molar-refractivity contribution in [2.24, 2.45) is 17.8 Å². The first-order valence-corrected chi connectivity index (χ1v) is 5.92. The summed E-state index contributed by atoms with van der Waals surface area (Å²) in [5, 5.41) is 11.8. The third-order valence-corrected chi connectivity index (χ3v) is 3.73. The Hall–Kier alpha value is -1.04. The van der Waals surface area contributed by atoms with Gasteiger partial charge in [-0.3, -0.25) is 4.79 Å². The van der Waals surface area contributed by atoms with Crippen LogP contribution in [-0.2, 0) is 4.79 Å². The van der Waals surface area contributed by atoms with Gasteiger partial charge in [-0.2, -0.15) is 5.26 Å². The minimum Gasteiger partial charge on any atom is -0.340 e. The Labute approximate surface area is 90.8 Å². The maximum Gasteiger partial charge on any atom is 0.224 e. The second-order valence-corrected chi connectivity index (χ2v) is 4.97. The van der Waals surface area contributed by atoms with E-state index < -0.39 is 0 Å². The van der Waals surface area contributed by atoms with Crippen LogP contribution in [0.5, 0.6) is 0 Å². The second-order valence-electron chi connectivity index (χ2n) is 4.97. The molecule has 3 atom stereocenters. The van der Waals surface area contributed by atoms with Crippen LogP contribution >= 0.6 is 0 Å². The van der Waals surface area contributed by atoms with E-state index in [9.17, 15) is 4.79 Å². The Morgan fingerprint density at radius 1 is 1.40 bits per heavy atom. The highest BCUT2D eigenvalue weighted by Gasteiger charge is 2.36. The fourth-order valence-electron chi connectivity index (χ4n) is 2.48. The molecule has 2 rings (SSSR count). The number of rotatable bonds is 3. The number of amides is 1. The monoisotopic (exact) mass is 206 g/mol. The van der Waals surface area contributed by atoms with Gasteiger partial charge in [-0.1, -0.05) is 13.3 Å². The third-order valence-electron chi connectivity index (χ3n) is 3.73. The van der Waals surface area contributed by atoms with Crippen LogP contribution in [0.3, 0.4) is 0 Å². The first-order chi connectivity index (χ1) is 7.22. The van der Waals surface area contributed by atoms with Crippen LogP contribution < -0.4 is 5.32 Å². The van der Waals surface area contributed by atoms with Crippen LogP contribution in [0.15, 0.2) is 0 Å². The summed E-state index contributed by atoms with van der Waals surface area (Å²) in [4.78, 5) is 11.9. The Balaban J connectivity index is 1.88. The quantitative estimate of drug-likeness (QED) is 0.766. The van der Waals surface area contributed by atoms with Gasteiger partial charge in [0.25, 0.3) is 0 Å². The number of carbonyl (C=O) groups is 1. The topological polar surface area (TPSA) is 52.9 Å². The Morgan fingerprint density at radius 2 is 2.13 bits per heavy atom. The SMILES string of the molecule is CC1CCCC1C(=O)NC(C#N)C1CC1. The van der Waals surface area contributed by atoms with E-state index in [1.54, 1.807) is 0 Å². The first-order valence-electron chi connectivity index (χ1n) is 5.92. The smallest absolute Gasteiger partial charge is 0.224 e. The van der Waals surface area contributed by atoms with E-state index >= 15 is 0 Å². The summed E-state index contributed by atoms with van der Waals surface area (Å²) in [5.41, 5.74) is 0. The molecule has 0 heterocycles. The van der Waals surface area contributed by atoms with Crippen LogP contribution in [0.25, 0.3) is 0 Å². The average Bonchev–Trinajstić information content (AvgIpc) is 2.97. The van der Waals surface area contributed by atoms with Gasteiger partial charge in [0.2, 0.25) is 5.91 Å². The van der Waals surface area contributed by atoms with Gasteiger partial charge in [0.1, 0.15) is 6.04 Å². The van der Waals surface area contributed by atoms with E-state index in [0.29, 0.717) is 11.8 Å². The van der Waals surface area contributed by atoms with Gasteiger partial charge in [-0.15, -0.1) is 0 Å². The average molecular weight is 206 g/mol. The lowest BCUT2D eigenvalue weighted by molar-refractivity contribution is -0.126. The molecular formula is C12H18N2O. The highest BCUT2D eigenvalue weighted by atomic mass is 16.2. The van der Waals surface area contributed by atoms with Crippen molar-refractivity contribution in [2.45, 2.75) is 45.1 Å². The van der Waals surface area contributed by atoms with E-state index in [1.165, 1.54) is 0 Å². The molecular weight excluding hydrogens is 188 g/mol. The highest BCUT2D eigenvalue weighted by molar-refractivity contribution is 5.79. The summed E-state index contributed by atoms with van der Waals surface area (Å²) in [6, 6.07) is 1.97. The molecule has 0 aromatic heterocycles. The normalized spacial score (nSPS) is 32.0. The number of hydrogen-bond donors (Lipinski definition) is 1. The minimum absolute atomic E-state index is 0.110. The molecule has 0 spiro atoms. The zero-order chi connectivity index (χ0) is 10.8. The molecule has 1 amide bonds. The lowest BCUT2D eigenvalue weighted by Crippen LogP contribution is -2.40. The summed E-state index contributed by atoms with van der Waals surface area (Å²) < 4.78 is 0. The van der Waals surface area contributed by atoms with Crippen LogP contribution in [0.2, 0.25) is 0 Å². The van der Waals surface area contributed by atoms with Gasteiger partial charge in [0.15, 0.2) is 0 Å². The molecule has 0 saturated heterocycles. The van der Waals surface area contributed by atoms with Gasteiger partial charge >= 0.3 is 0 Å². The lowest BCUT2D eigenvalue weighted by Gasteiger charge is -2.17. The standard InChI is InChI=1S/C12H18N2O/c1-8-3-2-4-10(8)12(15)14-11(7-13)9-5-6-9/h8-11H,2-6H2,1H3,(H,14,15). The molecule has 0 aliphatic heterocycles. The minimum atomic E-state index is -0.231. The molecule has 15 heavy (non-hydrogen) atoms. The van der Waals surface area contributed by atoms with Gasteiger partial charge in [0.05, 0.1) is 6.07 Å². The molecule has 2 aliphatic rings. The van der Waals surface area contributed by atoms with Gasteiger partial charge < -0.3 is 5.32 Å². The third kappa shape index (κ3) is 2.31. The highest BCUT2D eigenvalue weighted by Crippen LogP contribution is 2.34. The molecule has 2 aliphatic carbocycles. The largest absolute Gasteiger partial charge is 0.340 e. The zero-order valence-corrected chi connectivity index (χ0v) is 9.20. The fraction of sp³-hybridized carbons (Fsp3) is 0.833. The predicted molar refractivity (Wildman–Crippen MR) is 56.8 cm³/mol. The summed E-state index contributed by atoms with van der Waals surface area (Å²) in [6.45, 7) is 2.13. The van der Waals surface area contributed by atoms with Crippen LogP contribution in [0.1, 0.15) is 39.0 Å². The summed E-state index contributed by atoms with van der Waals surface area (Å²) in [5.74, 6) is 1.18. The number of nitrogens with zero attached hydrogens (tertiary/aromatic N) is 1. The van der Waals surface area contributed by atoms with Gasteiger partial charge in [0, 0.05) is 5.92 Å². The predicted octanol–water partition coefficient (Wildman–Crippen LogP) is 1.84. The number of nitrogens with one attached hydrogen (secondary N) is 1. The molecule has 0 bridgehead atoms. The van der Waals surface area contributed by atoms with Crippen molar-refractivity contribution >= 4 is 5.91 Å². The van der Waals surface area contributed by atoms with Crippen molar-refractivity contribution in [3.05, 3.63) is 0 Å². The van der Waals surface area contributed by atoms with E-state index in [4.69, 9.17) is 5.26 Å². The maximum absolute atomic E-state index is 11.9. The summed E-state index contributed by atoms with van der Waals surface area (Å²) >= 11 is 0. The molecule has 0 aromatic carbocycles. The Morgan fingerprint density at radius 3 is 2.60 bits per heavy atom. The fourth-order valence-corrected chi connectivity index (χ4v) is 2.48. The molecule has 3 unspecified atom stereocenters. The van der Waals surface area contributed by atoms with Crippen molar-refractivity contribution < 1.29 is 4.79 Å². The molecule has 1 N–H and O–H groups in total. The first kappa shape index (κ1) is 10.5. The van der Waals surface area contributed by atoms with Crippen molar-refractivity contribution in [1.82, 2.24) is 5.32 Å². The number of nitriles is 1. The number of carbonyl (C=O) groups excluding carboxylic acids is 1. The molecule has 3 heteroatoms. The summed E-state index contributed by atoms with van der Waals surface area (Å²) in [7, 11) is 0. The van der Waals surface area contributed by atoms with Crippen molar-refractivity contribution in [1.29, 1.82) is 5.26 Å². The Bertz CT molecular complexity index is 290. The number of hydrogen-bond acceptors (Lipinski definition) is 2. The van der Waals surface area contributed by atoms with Gasteiger partial charge in [-0.25, -0.2) is 0 Å². The van der Waals surface area contributed by atoms with Crippen LogP contribution in [-0.4, -0.2) is 11.9 Å². The molecule has 0 radical (unpaired) electrons. The van der Waals surface area contributed by atoms with Crippen LogP contribution in [0, 0.1) is 29.1 Å². The van der Waals surface area contributed by atoms with E-state index in [0.717, 1.165) is 32.1 Å². The van der Waals surface area contributed by atoms with E-state index in [-0.39, 0.29) is 17.9 Å². The van der Waals surface area contributed by atoms with Gasteiger partial charge in [-0.05, 0) is 37.5 Å². The van der Waals surface area contributed by atoms with E-state index in [1.807, 2.05) is 0 Å². The summed E-state index contributed by atoms with van der Waals surface area (Å²) in [6.07, 6.45) is 5.49. The van der Waals surface area contributed by atoms with Crippen molar-refractivity contribution in [2.75, 3.05) is 0 Å². The van der Waals surface area contributed by atoms with Crippen LogP contribution in [0.4, 0.5) is 0 Å². The zero-order valence-electron chi connectivity index (χ0n) is 9.20. The Kier molecular flexibility index (Phi) is 2.95. The molecule has 82 valence electrons. The molecule has 2 saturated carbocycles. The van der Waals surface area contributed by atoms with E-state index in [2.05, 4.69) is 18.3 Å². The van der Waals surface area contributed by atoms with Crippen molar-refractivity contribution in [3.63, 3.8) is 0 Å². The second kappa shape index (κ2) is 4.22.